The van der Waals surface area contributed by atoms with Crippen LogP contribution in [0, 0.1) is 5.82 Å². The molecule has 0 spiro atoms. The second kappa shape index (κ2) is 9.20. The van der Waals surface area contributed by atoms with Gasteiger partial charge in [-0.3, -0.25) is 9.78 Å². The van der Waals surface area contributed by atoms with Crippen LogP contribution < -0.4 is 10.1 Å². The van der Waals surface area contributed by atoms with Gasteiger partial charge < -0.3 is 10.1 Å². The molecule has 1 atom stereocenters. The maximum absolute atomic E-state index is 13.4. The molecule has 2 heterocycles. The van der Waals surface area contributed by atoms with Gasteiger partial charge in [0.25, 0.3) is 5.91 Å². The number of fused-ring (bicyclic) bond motifs is 1. The molecule has 0 radical (unpaired) electrons. The van der Waals surface area contributed by atoms with Crippen molar-refractivity contribution in [1.82, 2.24) is 10.3 Å². The van der Waals surface area contributed by atoms with Gasteiger partial charge in [0.15, 0.2) is 9.84 Å². The number of carbonyl (C=O) groups is 1. The molecule has 0 fully saturated rings. The van der Waals surface area contributed by atoms with E-state index >= 15 is 0 Å². The molecule has 182 valence electrons. The van der Waals surface area contributed by atoms with Crippen LogP contribution in [0.3, 0.4) is 0 Å². The predicted octanol–water partition coefficient (Wildman–Crippen LogP) is 4.75. The zero-order valence-electron chi connectivity index (χ0n) is 19.4. The van der Waals surface area contributed by atoms with Crippen LogP contribution >= 0.6 is 0 Å². The summed E-state index contributed by atoms with van der Waals surface area (Å²) in [6, 6.07) is 23.2. The number of amides is 1. The first-order valence-electron chi connectivity index (χ1n) is 11.3. The summed E-state index contributed by atoms with van der Waals surface area (Å²) in [4.78, 5) is 18.1. The number of nitrogens with zero attached hydrogens (tertiary/aromatic N) is 1. The number of pyridine rings is 1. The molecule has 0 saturated heterocycles. The topological polar surface area (TPSA) is 85.4 Å². The predicted molar refractivity (Wildman–Crippen MR) is 134 cm³/mol. The number of hydrogen-bond acceptors (Lipinski definition) is 5. The number of benzene rings is 3. The van der Waals surface area contributed by atoms with Gasteiger partial charge in [-0.1, -0.05) is 42.5 Å². The first-order chi connectivity index (χ1) is 17.3. The Labute approximate surface area is 208 Å². The quantitative estimate of drug-likeness (QED) is 0.426. The van der Waals surface area contributed by atoms with Crippen LogP contribution in [0.25, 0.3) is 11.1 Å². The van der Waals surface area contributed by atoms with Gasteiger partial charge in [-0.2, -0.15) is 0 Å². The lowest BCUT2D eigenvalue weighted by atomic mass is 9.80. The molecule has 3 aromatic carbocycles. The summed E-state index contributed by atoms with van der Waals surface area (Å²) in [7, 11) is -3.42. The van der Waals surface area contributed by atoms with Gasteiger partial charge in [0.05, 0.1) is 11.5 Å². The van der Waals surface area contributed by atoms with Gasteiger partial charge in [-0.25, -0.2) is 12.8 Å². The molecule has 1 amide bonds. The average molecular weight is 503 g/mol. The van der Waals surface area contributed by atoms with E-state index in [-0.39, 0.29) is 10.8 Å². The van der Waals surface area contributed by atoms with E-state index < -0.39 is 21.2 Å². The van der Waals surface area contributed by atoms with Crippen molar-refractivity contribution >= 4 is 15.7 Å². The Morgan fingerprint density at radius 3 is 2.42 bits per heavy atom. The van der Waals surface area contributed by atoms with Gasteiger partial charge in [0, 0.05) is 30.0 Å². The van der Waals surface area contributed by atoms with Crippen LogP contribution in [-0.2, 0) is 15.4 Å². The third kappa shape index (κ3) is 4.35. The standard InChI is InChI=1S/C28H23FN2O4S/c1-36(33,34)25-7-3-2-5-23(25)19-8-12-21(13-9-19)28(16-18-35-24-6-4-17-30-26(24)28)31-27(32)20-10-14-22(29)15-11-20/h2-15,17H,16,18H2,1H3,(H,31,32)/t28-/m0/s1. The molecule has 0 aliphatic carbocycles. The summed E-state index contributed by atoms with van der Waals surface area (Å²) in [5, 5.41) is 3.14. The number of nitrogens with one attached hydrogen (secondary N) is 1. The molecular formula is C28H23FN2O4S. The summed E-state index contributed by atoms with van der Waals surface area (Å²) in [6.07, 6.45) is 3.25. The highest BCUT2D eigenvalue weighted by Crippen LogP contribution is 2.41. The molecule has 1 N–H and O–H groups in total. The summed E-state index contributed by atoms with van der Waals surface area (Å²) in [5.41, 5.74) is 1.97. The van der Waals surface area contributed by atoms with E-state index in [1.54, 1.807) is 42.6 Å². The van der Waals surface area contributed by atoms with Crippen molar-refractivity contribution < 1.29 is 22.3 Å². The van der Waals surface area contributed by atoms with E-state index in [1.807, 2.05) is 24.3 Å². The number of sulfone groups is 1. The monoisotopic (exact) mass is 502 g/mol. The van der Waals surface area contributed by atoms with Crippen LogP contribution in [0.15, 0.2) is 96.0 Å². The third-order valence-corrected chi connectivity index (χ3v) is 7.47. The Kier molecular flexibility index (Phi) is 6.05. The Bertz CT molecular complexity index is 1540. The minimum Gasteiger partial charge on any atom is -0.491 e. The maximum atomic E-state index is 13.4. The zero-order valence-corrected chi connectivity index (χ0v) is 20.3. The van der Waals surface area contributed by atoms with E-state index in [2.05, 4.69) is 10.3 Å². The number of carbonyl (C=O) groups excluding carboxylic acids is 1. The van der Waals surface area contributed by atoms with Crippen molar-refractivity contribution in [3.8, 4) is 16.9 Å². The van der Waals surface area contributed by atoms with Crippen molar-refractivity contribution in [3.05, 3.63) is 114 Å². The molecule has 1 aliphatic rings. The van der Waals surface area contributed by atoms with Crippen LogP contribution in [0.2, 0.25) is 0 Å². The van der Waals surface area contributed by atoms with E-state index in [0.29, 0.717) is 35.6 Å². The molecule has 0 saturated carbocycles. The van der Waals surface area contributed by atoms with Gasteiger partial charge in [0.2, 0.25) is 0 Å². The van der Waals surface area contributed by atoms with Crippen molar-refractivity contribution in [2.45, 2.75) is 16.9 Å². The summed E-state index contributed by atoms with van der Waals surface area (Å²) >= 11 is 0. The molecule has 0 bridgehead atoms. The molecule has 1 aromatic heterocycles. The van der Waals surface area contributed by atoms with Gasteiger partial charge in [-0.15, -0.1) is 0 Å². The summed E-state index contributed by atoms with van der Waals surface area (Å²) < 4.78 is 43.9. The van der Waals surface area contributed by atoms with Crippen LogP contribution in [0.1, 0.15) is 28.0 Å². The van der Waals surface area contributed by atoms with Crippen LogP contribution in [0.5, 0.6) is 5.75 Å². The Balaban J connectivity index is 1.60. The smallest absolute Gasteiger partial charge is 0.252 e. The maximum Gasteiger partial charge on any atom is 0.252 e. The van der Waals surface area contributed by atoms with Crippen molar-refractivity contribution in [2.75, 3.05) is 12.9 Å². The van der Waals surface area contributed by atoms with Crippen molar-refractivity contribution in [3.63, 3.8) is 0 Å². The first kappa shape index (κ1) is 23.7. The minimum absolute atomic E-state index is 0.246. The summed E-state index contributed by atoms with van der Waals surface area (Å²) in [6.45, 7) is 0.348. The lowest BCUT2D eigenvalue weighted by Gasteiger charge is -2.39. The average Bonchev–Trinajstić information content (AvgIpc) is 2.89. The molecule has 8 heteroatoms. The third-order valence-electron chi connectivity index (χ3n) is 6.32. The van der Waals surface area contributed by atoms with E-state index in [0.717, 1.165) is 11.1 Å². The normalized spacial score (nSPS) is 17.1. The minimum atomic E-state index is -3.42. The fourth-order valence-electron chi connectivity index (χ4n) is 4.56. The van der Waals surface area contributed by atoms with Crippen molar-refractivity contribution in [1.29, 1.82) is 0 Å². The van der Waals surface area contributed by atoms with Gasteiger partial charge in [-0.05, 0) is 53.6 Å². The molecule has 36 heavy (non-hydrogen) atoms. The second-order valence-electron chi connectivity index (χ2n) is 8.66. The van der Waals surface area contributed by atoms with Gasteiger partial charge >= 0.3 is 0 Å². The molecule has 6 nitrogen and oxygen atoms in total. The second-order valence-corrected chi connectivity index (χ2v) is 10.6. The molecule has 5 rings (SSSR count). The Hall–Kier alpha value is -4.04. The van der Waals surface area contributed by atoms with E-state index in [1.165, 1.54) is 30.5 Å². The molecule has 4 aromatic rings. The lowest BCUT2D eigenvalue weighted by molar-refractivity contribution is 0.0883. The Morgan fingerprint density at radius 1 is 0.972 bits per heavy atom. The van der Waals surface area contributed by atoms with E-state index in [9.17, 15) is 17.6 Å². The number of aromatic nitrogens is 1. The van der Waals surface area contributed by atoms with Crippen molar-refractivity contribution in [2.24, 2.45) is 0 Å². The highest BCUT2D eigenvalue weighted by atomic mass is 32.2. The number of rotatable bonds is 5. The number of halogens is 1. The lowest BCUT2D eigenvalue weighted by Crippen LogP contribution is -2.50. The molecular weight excluding hydrogens is 479 g/mol. The fraction of sp³-hybridized carbons (Fsp3) is 0.143. The highest BCUT2D eigenvalue weighted by Gasteiger charge is 2.42. The Morgan fingerprint density at radius 2 is 1.69 bits per heavy atom. The van der Waals surface area contributed by atoms with Gasteiger partial charge in [0.1, 0.15) is 22.8 Å². The summed E-state index contributed by atoms with van der Waals surface area (Å²) in [5.74, 6) is -0.237. The molecule has 0 unspecified atom stereocenters. The number of ether oxygens (including phenoxy) is 1. The zero-order chi connectivity index (χ0) is 25.3. The molecule has 1 aliphatic heterocycles. The highest BCUT2D eigenvalue weighted by molar-refractivity contribution is 7.90. The number of hydrogen-bond donors (Lipinski definition) is 1. The van der Waals surface area contributed by atoms with Crippen LogP contribution in [-0.4, -0.2) is 32.2 Å². The SMILES string of the molecule is CS(=O)(=O)c1ccccc1-c1ccc([C@@]2(NC(=O)c3ccc(F)cc3)CCOc3cccnc32)cc1. The first-order valence-corrected chi connectivity index (χ1v) is 13.2. The van der Waals surface area contributed by atoms with Crippen LogP contribution in [0.4, 0.5) is 4.39 Å². The fourth-order valence-corrected chi connectivity index (χ4v) is 5.48. The van der Waals surface area contributed by atoms with E-state index in [4.69, 9.17) is 4.74 Å². The largest absolute Gasteiger partial charge is 0.491 e.